The van der Waals surface area contributed by atoms with Crippen molar-refractivity contribution in [1.29, 1.82) is 0 Å². The summed E-state index contributed by atoms with van der Waals surface area (Å²) in [5.41, 5.74) is 3.04. The number of hydrogen-bond donors (Lipinski definition) is 1. The predicted octanol–water partition coefficient (Wildman–Crippen LogP) is 5.00. The molecule has 1 amide bonds. The van der Waals surface area contributed by atoms with Gasteiger partial charge in [0.2, 0.25) is 0 Å². The van der Waals surface area contributed by atoms with E-state index < -0.39 is 11.9 Å². The first-order valence-electron chi connectivity index (χ1n) is 9.25. The number of hydrogen-bond acceptors (Lipinski definition) is 5. The van der Waals surface area contributed by atoms with Crippen LogP contribution in [-0.4, -0.2) is 33.2 Å². The minimum atomic E-state index is -0.738. The summed E-state index contributed by atoms with van der Waals surface area (Å²) in [4.78, 5) is 29.6. The maximum atomic E-state index is 12.7. The van der Waals surface area contributed by atoms with Gasteiger partial charge in [-0.1, -0.05) is 35.5 Å². The highest BCUT2D eigenvalue weighted by Gasteiger charge is 2.34. The number of halogens is 1. The van der Waals surface area contributed by atoms with Crippen LogP contribution < -0.4 is 0 Å². The van der Waals surface area contributed by atoms with E-state index in [0.29, 0.717) is 4.91 Å². The van der Waals surface area contributed by atoms with Gasteiger partial charge in [0.25, 0.3) is 5.91 Å². The molecule has 0 fully saturated rings. The summed E-state index contributed by atoms with van der Waals surface area (Å²) >= 11 is 7.13. The number of ether oxygens (including phenoxy) is 1. The number of nitrogens with zero attached hydrogens (tertiary/aromatic N) is 2. The van der Waals surface area contributed by atoms with E-state index in [1.54, 1.807) is 37.3 Å². The van der Waals surface area contributed by atoms with Crippen LogP contribution in [0.1, 0.15) is 34.2 Å². The van der Waals surface area contributed by atoms with Crippen molar-refractivity contribution in [2.24, 2.45) is 12.0 Å². The topological polar surface area (TPSA) is 80.9 Å². The maximum absolute atomic E-state index is 12.7. The highest BCUT2D eigenvalue weighted by Crippen LogP contribution is 2.40. The molecule has 0 bridgehead atoms. The molecule has 1 aliphatic heterocycles. The number of benzene rings is 1. The zero-order chi connectivity index (χ0) is 22.0. The van der Waals surface area contributed by atoms with Gasteiger partial charge in [0, 0.05) is 18.4 Å². The van der Waals surface area contributed by atoms with Crippen LogP contribution in [0.4, 0.5) is 0 Å². The van der Waals surface area contributed by atoms with Gasteiger partial charge in [0.1, 0.15) is 16.4 Å². The molecular formula is C22H21ClN2O4S. The van der Waals surface area contributed by atoms with Gasteiger partial charge in [-0.05, 0) is 50.6 Å². The Kier molecular flexibility index (Phi) is 6.53. The number of amides is 1. The van der Waals surface area contributed by atoms with Crippen LogP contribution in [0.15, 0.2) is 51.6 Å². The Labute approximate surface area is 183 Å². The lowest BCUT2D eigenvalue weighted by atomic mass is 10.1. The minimum absolute atomic E-state index is 0.0763. The van der Waals surface area contributed by atoms with E-state index in [1.165, 1.54) is 0 Å². The Bertz CT molecular complexity index is 1130. The zero-order valence-electron chi connectivity index (χ0n) is 17.0. The van der Waals surface area contributed by atoms with Crippen molar-refractivity contribution < 1.29 is 19.4 Å². The van der Waals surface area contributed by atoms with Crippen LogP contribution in [-0.2, 0) is 16.6 Å². The van der Waals surface area contributed by atoms with Gasteiger partial charge in [-0.15, -0.1) is 0 Å². The van der Waals surface area contributed by atoms with Crippen molar-refractivity contribution in [3.05, 3.63) is 74.1 Å². The fraction of sp³-hybridized carbons (Fsp3) is 0.227. The molecule has 2 aromatic rings. The van der Waals surface area contributed by atoms with Gasteiger partial charge >= 0.3 is 5.97 Å². The molecule has 0 spiro atoms. The van der Waals surface area contributed by atoms with E-state index >= 15 is 0 Å². The third kappa shape index (κ3) is 4.22. The predicted molar refractivity (Wildman–Crippen MR) is 120 cm³/mol. The fourth-order valence-electron chi connectivity index (χ4n) is 2.95. The molecule has 8 heteroatoms. The molecular weight excluding hydrogens is 424 g/mol. The second-order valence-electron chi connectivity index (χ2n) is 6.64. The lowest BCUT2D eigenvalue weighted by molar-refractivity contribution is -0.138. The normalized spacial score (nSPS) is 16.6. The molecule has 0 aliphatic carbocycles. The Hall–Kier alpha value is -2.77. The molecule has 0 atom stereocenters. The lowest BCUT2D eigenvalue weighted by Gasteiger charge is -2.04. The Morgan fingerprint density at radius 2 is 2.00 bits per heavy atom. The molecule has 0 unspecified atom stereocenters. The van der Waals surface area contributed by atoms with E-state index in [4.69, 9.17) is 16.3 Å². The lowest BCUT2D eigenvalue weighted by Crippen LogP contribution is -2.14. The molecule has 3 rings (SSSR count). The van der Waals surface area contributed by atoms with Crippen molar-refractivity contribution in [2.45, 2.75) is 20.8 Å². The molecule has 6 nitrogen and oxygen atoms in total. The van der Waals surface area contributed by atoms with Crippen LogP contribution in [0.25, 0.3) is 6.08 Å². The van der Waals surface area contributed by atoms with E-state index in [-0.39, 0.29) is 33.6 Å². The van der Waals surface area contributed by atoms with Crippen molar-refractivity contribution >= 4 is 46.4 Å². The summed E-state index contributed by atoms with van der Waals surface area (Å²) < 4.78 is 7.09. The molecule has 156 valence electrons. The number of esters is 1. The van der Waals surface area contributed by atoms with Crippen molar-refractivity contribution in [3.63, 3.8) is 0 Å². The van der Waals surface area contributed by atoms with Gasteiger partial charge in [-0.3, -0.25) is 4.79 Å². The second kappa shape index (κ2) is 8.93. The molecule has 2 heterocycles. The van der Waals surface area contributed by atoms with Gasteiger partial charge in [0.05, 0.1) is 22.1 Å². The van der Waals surface area contributed by atoms with Crippen molar-refractivity contribution in [1.82, 2.24) is 4.57 Å². The average Bonchev–Trinajstić information content (AvgIpc) is 3.13. The monoisotopic (exact) mass is 444 g/mol. The van der Waals surface area contributed by atoms with Crippen LogP contribution in [0.5, 0.6) is 0 Å². The van der Waals surface area contributed by atoms with Gasteiger partial charge in [0.15, 0.2) is 0 Å². The first kappa shape index (κ1) is 21.9. The number of aliphatic imine (C=N–C) groups is 1. The average molecular weight is 445 g/mol. The first-order chi connectivity index (χ1) is 14.2. The zero-order valence-corrected chi connectivity index (χ0v) is 18.6. The van der Waals surface area contributed by atoms with Gasteiger partial charge in [-0.25, -0.2) is 9.79 Å². The van der Waals surface area contributed by atoms with Crippen molar-refractivity contribution in [2.75, 3.05) is 6.61 Å². The number of carbonyl (C=O) groups excluding carboxylic acids is 2. The first-order valence-corrected chi connectivity index (χ1v) is 10.4. The second-order valence-corrected chi connectivity index (χ2v) is 8.08. The summed E-state index contributed by atoms with van der Waals surface area (Å²) in [6.07, 6.45) is 1.77. The summed E-state index contributed by atoms with van der Waals surface area (Å²) in [6, 6.07) is 8.49. The number of aliphatic hydroxyl groups excluding tert-OH is 1. The fourth-order valence-corrected chi connectivity index (χ4v) is 4.17. The molecule has 0 saturated heterocycles. The number of carbonyl (C=O) groups is 2. The Morgan fingerprint density at radius 1 is 1.30 bits per heavy atom. The van der Waals surface area contributed by atoms with Crippen molar-refractivity contribution in [3.8, 4) is 0 Å². The number of aromatic nitrogens is 1. The highest BCUT2D eigenvalue weighted by molar-refractivity contribution is 8.18. The van der Waals surface area contributed by atoms with Crippen LogP contribution in [0, 0.1) is 13.8 Å². The molecule has 1 N–H and O–H groups in total. The molecule has 1 aromatic heterocycles. The highest BCUT2D eigenvalue weighted by atomic mass is 35.5. The summed E-state index contributed by atoms with van der Waals surface area (Å²) in [5.74, 6) is -1.60. The van der Waals surface area contributed by atoms with Crippen LogP contribution in [0.3, 0.4) is 0 Å². The molecule has 1 aromatic carbocycles. The number of aryl methyl sites for hydroxylation is 1. The standard InChI is InChI=1S/C22H21ClN2O4S/c1-5-29-22(28)18-19(26)17(11-14-10-12(2)25(4)13(14)3)30-21(18)24-20(27)15-8-6-7-9-16(15)23/h6-11,26H,5H2,1-4H3/b17-11-,24-21?. The largest absolute Gasteiger partial charge is 0.506 e. The Balaban J connectivity index is 2.06. The number of aliphatic hydroxyl groups is 1. The summed E-state index contributed by atoms with van der Waals surface area (Å²) in [5, 5.41) is 11.1. The van der Waals surface area contributed by atoms with E-state index in [2.05, 4.69) is 4.99 Å². The van der Waals surface area contributed by atoms with E-state index in [0.717, 1.165) is 28.7 Å². The molecule has 30 heavy (non-hydrogen) atoms. The van der Waals surface area contributed by atoms with E-state index in [9.17, 15) is 14.7 Å². The quantitative estimate of drug-likeness (QED) is 0.671. The molecule has 0 radical (unpaired) electrons. The third-order valence-electron chi connectivity index (χ3n) is 4.78. The third-order valence-corrected chi connectivity index (χ3v) is 6.13. The number of rotatable bonds is 4. The summed E-state index contributed by atoms with van der Waals surface area (Å²) in [7, 11) is 1.95. The smallest absolute Gasteiger partial charge is 0.344 e. The van der Waals surface area contributed by atoms with Crippen LogP contribution >= 0.6 is 23.4 Å². The SMILES string of the molecule is CCOC(=O)C1=C(O)/C(=C/c2cc(C)n(C)c2C)SC1=NC(=O)c1ccccc1Cl. The number of thioether (sulfide) groups is 1. The molecule has 0 saturated carbocycles. The van der Waals surface area contributed by atoms with Gasteiger partial charge in [-0.2, -0.15) is 0 Å². The van der Waals surface area contributed by atoms with Gasteiger partial charge < -0.3 is 14.4 Å². The maximum Gasteiger partial charge on any atom is 0.344 e. The van der Waals surface area contributed by atoms with Crippen LogP contribution in [0.2, 0.25) is 5.02 Å². The minimum Gasteiger partial charge on any atom is -0.506 e. The Morgan fingerprint density at radius 3 is 2.60 bits per heavy atom. The molecule has 1 aliphatic rings. The summed E-state index contributed by atoms with van der Waals surface area (Å²) in [6.45, 7) is 5.73. The van der Waals surface area contributed by atoms with E-state index in [1.807, 2.05) is 31.5 Å².